The van der Waals surface area contributed by atoms with E-state index in [2.05, 4.69) is 13.8 Å². The standard InChI is InChI=1S/C13H19NO2/c1-10(2)6-5-9-16-12-8-4-3-7-11(12)13(14)15/h3-4,7-8,10H,5-6,9H2,1-2H3,(H2,14,15). The summed E-state index contributed by atoms with van der Waals surface area (Å²) in [4.78, 5) is 11.1. The van der Waals surface area contributed by atoms with Crippen LogP contribution in [0, 0.1) is 5.92 Å². The molecular weight excluding hydrogens is 202 g/mol. The maximum atomic E-state index is 11.1. The van der Waals surface area contributed by atoms with Crippen molar-refractivity contribution in [3.8, 4) is 5.75 Å². The second-order valence-corrected chi connectivity index (χ2v) is 4.24. The fourth-order valence-electron chi connectivity index (χ4n) is 1.47. The summed E-state index contributed by atoms with van der Waals surface area (Å²) >= 11 is 0. The van der Waals surface area contributed by atoms with Crippen LogP contribution in [0.3, 0.4) is 0 Å². The Kier molecular flexibility index (Phi) is 4.83. The molecule has 0 atom stereocenters. The van der Waals surface area contributed by atoms with Crippen LogP contribution in [0.15, 0.2) is 24.3 Å². The quantitative estimate of drug-likeness (QED) is 0.751. The van der Waals surface area contributed by atoms with E-state index in [1.165, 1.54) is 0 Å². The third kappa shape index (κ3) is 3.93. The van der Waals surface area contributed by atoms with E-state index in [1.807, 2.05) is 6.07 Å². The molecule has 1 aromatic rings. The van der Waals surface area contributed by atoms with E-state index in [1.54, 1.807) is 18.2 Å². The number of carbonyl (C=O) groups is 1. The SMILES string of the molecule is CC(C)CCCOc1ccccc1C(N)=O. The van der Waals surface area contributed by atoms with E-state index >= 15 is 0 Å². The van der Waals surface area contributed by atoms with Gasteiger partial charge in [-0.05, 0) is 30.9 Å². The molecule has 1 aromatic carbocycles. The van der Waals surface area contributed by atoms with Gasteiger partial charge in [-0.1, -0.05) is 26.0 Å². The number of primary amides is 1. The van der Waals surface area contributed by atoms with E-state index < -0.39 is 5.91 Å². The van der Waals surface area contributed by atoms with E-state index in [9.17, 15) is 4.79 Å². The molecule has 1 rings (SSSR count). The highest BCUT2D eigenvalue weighted by molar-refractivity contribution is 5.95. The van der Waals surface area contributed by atoms with Crippen LogP contribution < -0.4 is 10.5 Å². The summed E-state index contributed by atoms with van der Waals surface area (Å²) in [7, 11) is 0. The maximum Gasteiger partial charge on any atom is 0.252 e. The molecule has 0 saturated heterocycles. The van der Waals surface area contributed by atoms with Gasteiger partial charge in [-0.15, -0.1) is 0 Å². The van der Waals surface area contributed by atoms with Crippen LogP contribution in [0.2, 0.25) is 0 Å². The Hall–Kier alpha value is -1.51. The molecule has 0 spiro atoms. The Bertz CT molecular complexity index is 348. The van der Waals surface area contributed by atoms with Crippen molar-refractivity contribution in [2.75, 3.05) is 6.61 Å². The third-order valence-electron chi connectivity index (χ3n) is 2.34. The summed E-state index contributed by atoms with van der Waals surface area (Å²) in [5.41, 5.74) is 5.70. The Morgan fingerprint density at radius 3 is 2.69 bits per heavy atom. The van der Waals surface area contributed by atoms with Gasteiger partial charge in [0.05, 0.1) is 12.2 Å². The van der Waals surface area contributed by atoms with Crippen LogP contribution in [-0.2, 0) is 0 Å². The molecule has 0 aliphatic carbocycles. The zero-order valence-electron chi connectivity index (χ0n) is 9.90. The molecule has 3 heteroatoms. The second kappa shape index (κ2) is 6.16. The molecule has 0 aromatic heterocycles. The van der Waals surface area contributed by atoms with Crippen LogP contribution in [0.1, 0.15) is 37.0 Å². The van der Waals surface area contributed by atoms with Gasteiger partial charge >= 0.3 is 0 Å². The molecular formula is C13H19NO2. The first-order valence-electron chi connectivity index (χ1n) is 5.63. The molecule has 0 saturated carbocycles. The lowest BCUT2D eigenvalue weighted by Crippen LogP contribution is -2.13. The Labute approximate surface area is 96.6 Å². The molecule has 0 radical (unpaired) electrons. The minimum absolute atomic E-state index is 0.445. The third-order valence-corrected chi connectivity index (χ3v) is 2.34. The number of hydrogen-bond acceptors (Lipinski definition) is 2. The van der Waals surface area contributed by atoms with E-state index in [-0.39, 0.29) is 0 Å². The van der Waals surface area contributed by atoms with Gasteiger partial charge in [0.2, 0.25) is 0 Å². The molecule has 0 bridgehead atoms. The van der Waals surface area contributed by atoms with E-state index in [0.717, 1.165) is 12.8 Å². The fourth-order valence-corrected chi connectivity index (χ4v) is 1.47. The molecule has 2 N–H and O–H groups in total. The summed E-state index contributed by atoms with van der Waals surface area (Å²) < 4.78 is 5.55. The number of nitrogens with two attached hydrogens (primary N) is 1. The molecule has 88 valence electrons. The molecule has 0 fully saturated rings. The van der Waals surface area contributed by atoms with Crippen molar-refractivity contribution in [3.63, 3.8) is 0 Å². The lowest BCUT2D eigenvalue weighted by molar-refractivity contribution is 0.0996. The van der Waals surface area contributed by atoms with Crippen LogP contribution in [-0.4, -0.2) is 12.5 Å². The fraction of sp³-hybridized carbons (Fsp3) is 0.462. The zero-order chi connectivity index (χ0) is 12.0. The average Bonchev–Trinajstić information content (AvgIpc) is 2.24. The lowest BCUT2D eigenvalue weighted by atomic mass is 10.1. The van der Waals surface area contributed by atoms with Crippen molar-refractivity contribution in [2.24, 2.45) is 11.7 Å². The van der Waals surface area contributed by atoms with Crippen molar-refractivity contribution < 1.29 is 9.53 Å². The normalized spacial score (nSPS) is 10.4. The highest BCUT2D eigenvalue weighted by Crippen LogP contribution is 2.17. The number of amides is 1. The number of para-hydroxylation sites is 1. The van der Waals surface area contributed by atoms with E-state index in [0.29, 0.717) is 23.8 Å². The number of hydrogen-bond donors (Lipinski definition) is 1. The van der Waals surface area contributed by atoms with Gasteiger partial charge in [-0.2, -0.15) is 0 Å². The monoisotopic (exact) mass is 221 g/mol. The molecule has 0 heterocycles. The van der Waals surface area contributed by atoms with E-state index in [4.69, 9.17) is 10.5 Å². The minimum Gasteiger partial charge on any atom is -0.493 e. The van der Waals surface area contributed by atoms with Gasteiger partial charge in [-0.25, -0.2) is 0 Å². The van der Waals surface area contributed by atoms with Crippen LogP contribution >= 0.6 is 0 Å². The number of rotatable bonds is 6. The smallest absolute Gasteiger partial charge is 0.252 e. The molecule has 0 aliphatic rings. The molecule has 0 aliphatic heterocycles. The first-order valence-corrected chi connectivity index (χ1v) is 5.63. The predicted octanol–water partition coefficient (Wildman–Crippen LogP) is 2.60. The van der Waals surface area contributed by atoms with Gasteiger partial charge in [0.25, 0.3) is 5.91 Å². The first-order chi connectivity index (χ1) is 7.61. The second-order valence-electron chi connectivity index (χ2n) is 4.24. The summed E-state index contributed by atoms with van der Waals surface area (Å²) in [5.74, 6) is 0.813. The van der Waals surface area contributed by atoms with Crippen molar-refractivity contribution >= 4 is 5.91 Å². The van der Waals surface area contributed by atoms with Gasteiger partial charge in [0, 0.05) is 0 Å². The molecule has 0 unspecified atom stereocenters. The summed E-state index contributed by atoms with van der Waals surface area (Å²) in [5, 5.41) is 0. The molecule has 16 heavy (non-hydrogen) atoms. The molecule has 3 nitrogen and oxygen atoms in total. The summed E-state index contributed by atoms with van der Waals surface area (Å²) in [6.45, 7) is 4.98. The average molecular weight is 221 g/mol. The first kappa shape index (κ1) is 12.6. The largest absolute Gasteiger partial charge is 0.493 e. The number of carbonyl (C=O) groups excluding carboxylic acids is 1. The predicted molar refractivity (Wildman–Crippen MR) is 64.5 cm³/mol. The molecule has 1 amide bonds. The van der Waals surface area contributed by atoms with Gasteiger partial charge in [-0.3, -0.25) is 4.79 Å². The van der Waals surface area contributed by atoms with Crippen molar-refractivity contribution in [1.29, 1.82) is 0 Å². The summed E-state index contributed by atoms with van der Waals surface area (Å²) in [6.07, 6.45) is 2.11. The summed E-state index contributed by atoms with van der Waals surface area (Å²) in [6, 6.07) is 7.07. The Balaban J connectivity index is 2.50. The highest BCUT2D eigenvalue weighted by atomic mass is 16.5. The zero-order valence-corrected chi connectivity index (χ0v) is 9.90. The lowest BCUT2D eigenvalue weighted by Gasteiger charge is -2.10. The minimum atomic E-state index is -0.445. The Morgan fingerprint density at radius 2 is 2.06 bits per heavy atom. The highest BCUT2D eigenvalue weighted by Gasteiger charge is 2.07. The van der Waals surface area contributed by atoms with Crippen molar-refractivity contribution in [1.82, 2.24) is 0 Å². The van der Waals surface area contributed by atoms with Crippen molar-refractivity contribution in [3.05, 3.63) is 29.8 Å². The number of ether oxygens (including phenoxy) is 1. The number of benzene rings is 1. The van der Waals surface area contributed by atoms with Gasteiger partial charge in [0.15, 0.2) is 0 Å². The topological polar surface area (TPSA) is 52.3 Å². The van der Waals surface area contributed by atoms with Gasteiger partial charge < -0.3 is 10.5 Å². The maximum absolute atomic E-state index is 11.1. The van der Waals surface area contributed by atoms with Crippen LogP contribution in [0.5, 0.6) is 5.75 Å². The van der Waals surface area contributed by atoms with Crippen LogP contribution in [0.4, 0.5) is 0 Å². The van der Waals surface area contributed by atoms with Gasteiger partial charge in [0.1, 0.15) is 5.75 Å². The van der Waals surface area contributed by atoms with Crippen LogP contribution in [0.25, 0.3) is 0 Å². The Morgan fingerprint density at radius 1 is 1.38 bits per heavy atom. The van der Waals surface area contributed by atoms with Crippen molar-refractivity contribution in [2.45, 2.75) is 26.7 Å².